The van der Waals surface area contributed by atoms with Gasteiger partial charge in [0.1, 0.15) is 17.1 Å². The predicted octanol–water partition coefficient (Wildman–Crippen LogP) is 5.84. The summed E-state index contributed by atoms with van der Waals surface area (Å²) in [5, 5.41) is 3.42. The molecule has 1 amide bonds. The zero-order valence-corrected chi connectivity index (χ0v) is 18.8. The van der Waals surface area contributed by atoms with Gasteiger partial charge in [0.25, 0.3) is 5.91 Å². The van der Waals surface area contributed by atoms with Crippen LogP contribution in [0, 0.1) is 0 Å². The third-order valence-electron chi connectivity index (χ3n) is 4.68. The molecular formula is C25H20BrNO5. The van der Waals surface area contributed by atoms with Crippen molar-refractivity contribution < 1.29 is 23.5 Å². The summed E-state index contributed by atoms with van der Waals surface area (Å²) in [6, 6.07) is 21.1. The van der Waals surface area contributed by atoms with E-state index in [0.717, 1.165) is 4.47 Å². The number of fused-ring (bicyclic) bond motifs is 1. The van der Waals surface area contributed by atoms with Crippen LogP contribution in [0.3, 0.4) is 0 Å². The molecule has 3 aromatic carbocycles. The van der Waals surface area contributed by atoms with Crippen LogP contribution >= 0.6 is 15.9 Å². The number of ether oxygens (including phenoxy) is 2. The van der Waals surface area contributed by atoms with Gasteiger partial charge >= 0.3 is 0 Å². The van der Waals surface area contributed by atoms with Crippen LogP contribution in [0.4, 0.5) is 5.69 Å². The van der Waals surface area contributed by atoms with Crippen molar-refractivity contribution in [2.45, 2.75) is 6.92 Å². The summed E-state index contributed by atoms with van der Waals surface area (Å²) in [6.45, 7) is 2.22. The maximum absolute atomic E-state index is 13.2. The summed E-state index contributed by atoms with van der Waals surface area (Å²) in [4.78, 5) is 25.8. The van der Waals surface area contributed by atoms with Crippen molar-refractivity contribution in [1.29, 1.82) is 0 Å². The van der Waals surface area contributed by atoms with Gasteiger partial charge in [-0.2, -0.15) is 0 Å². The Morgan fingerprint density at radius 2 is 1.56 bits per heavy atom. The predicted molar refractivity (Wildman–Crippen MR) is 126 cm³/mol. The van der Waals surface area contributed by atoms with E-state index in [1.165, 1.54) is 0 Å². The van der Waals surface area contributed by atoms with Crippen molar-refractivity contribution in [1.82, 2.24) is 0 Å². The minimum Gasteiger partial charge on any atom is -0.494 e. The van der Waals surface area contributed by atoms with Crippen LogP contribution < -0.4 is 14.8 Å². The van der Waals surface area contributed by atoms with Gasteiger partial charge in [-0.25, -0.2) is 0 Å². The van der Waals surface area contributed by atoms with Gasteiger partial charge in [0.15, 0.2) is 12.4 Å². The first-order chi connectivity index (χ1) is 15.5. The zero-order valence-electron chi connectivity index (χ0n) is 17.3. The fourth-order valence-electron chi connectivity index (χ4n) is 3.18. The average molecular weight is 494 g/mol. The highest BCUT2D eigenvalue weighted by Gasteiger charge is 2.23. The number of nitrogens with one attached hydrogen (secondary N) is 1. The standard InChI is InChI=1S/C25H20BrNO5/c1-2-30-18-11-7-16(8-12-18)24(29)25-23(20-5-3-4-6-21(20)32-25)27-22(28)15-31-19-13-9-17(26)10-14-19/h3-14H,2,15H2,1H3,(H,27,28). The molecule has 6 nitrogen and oxygen atoms in total. The third-order valence-corrected chi connectivity index (χ3v) is 5.21. The molecule has 4 aromatic rings. The maximum atomic E-state index is 13.2. The molecule has 0 unspecified atom stereocenters. The molecule has 0 aliphatic heterocycles. The molecule has 0 saturated carbocycles. The summed E-state index contributed by atoms with van der Waals surface area (Å²) in [7, 11) is 0. The van der Waals surface area contributed by atoms with E-state index in [2.05, 4.69) is 21.2 Å². The minimum absolute atomic E-state index is 0.0624. The number of hydrogen-bond donors (Lipinski definition) is 1. The maximum Gasteiger partial charge on any atom is 0.262 e. The third kappa shape index (κ3) is 4.84. The van der Waals surface area contributed by atoms with Crippen molar-refractivity contribution in [3.05, 3.63) is 88.6 Å². The quantitative estimate of drug-likeness (QED) is 0.312. The lowest BCUT2D eigenvalue weighted by Gasteiger charge is -2.08. The Bertz CT molecular complexity index is 1250. The first-order valence-corrected chi connectivity index (χ1v) is 10.8. The molecule has 0 fully saturated rings. The Hall–Kier alpha value is -3.58. The topological polar surface area (TPSA) is 77.8 Å². The number of hydrogen-bond acceptors (Lipinski definition) is 5. The second-order valence-corrected chi connectivity index (χ2v) is 7.80. The number of furan rings is 1. The van der Waals surface area contributed by atoms with E-state index in [0.29, 0.717) is 40.3 Å². The fourth-order valence-corrected chi connectivity index (χ4v) is 3.45. The summed E-state index contributed by atoms with van der Waals surface area (Å²) in [5.74, 6) is 0.555. The number of rotatable bonds is 8. The molecule has 0 bridgehead atoms. The van der Waals surface area contributed by atoms with E-state index in [1.807, 2.05) is 25.1 Å². The van der Waals surface area contributed by atoms with Crippen LogP contribution in [0.2, 0.25) is 0 Å². The normalized spacial score (nSPS) is 10.7. The fraction of sp³-hybridized carbons (Fsp3) is 0.120. The molecule has 1 N–H and O–H groups in total. The molecule has 0 saturated heterocycles. The van der Waals surface area contributed by atoms with Gasteiger partial charge in [-0.05, 0) is 67.6 Å². The highest BCUT2D eigenvalue weighted by molar-refractivity contribution is 9.10. The van der Waals surface area contributed by atoms with E-state index < -0.39 is 5.91 Å². The zero-order chi connectivity index (χ0) is 22.5. The van der Waals surface area contributed by atoms with E-state index in [1.54, 1.807) is 54.6 Å². The molecule has 162 valence electrons. The average Bonchev–Trinajstić information content (AvgIpc) is 3.17. The van der Waals surface area contributed by atoms with Gasteiger partial charge in [0, 0.05) is 15.4 Å². The van der Waals surface area contributed by atoms with Crippen LogP contribution in [0.1, 0.15) is 23.0 Å². The molecule has 0 radical (unpaired) electrons. The Morgan fingerprint density at radius 3 is 2.28 bits per heavy atom. The molecule has 32 heavy (non-hydrogen) atoms. The Morgan fingerprint density at radius 1 is 0.906 bits per heavy atom. The molecule has 1 aromatic heterocycles. The number of benzene rings is 3. The highest BCUT2D eigenvalue weighted by Crippen LogP contribution is 2.33. The summed E-state index contributed by atoms with van der Waals surface area (Å²) >= 11 is 3.36. The van der Waals surface area contributed by atoms with Crippen molar-refractivity contribution in [3.8, 4) is 11.5 Å². The summed E-state index contributed by atoms with van der Waals surface area (Å²) in [6.07, 6.45) is 0. The number of amides is 1. The van der Waals surface area contributed by atoms with Crippen LogP contribution in [0.15, 0.2) is 81.7 Å². The molecule has 0 spiro atoms. The molecule has 0 aliphatic rings. The smallest absolute Gasteiger partial charge is 0.262 e. The van der Waals surface area contributed by atoms with E-state index in [9.17, 15) is 9.59 Å². The molecule has 0 atom stereocenters. The van der Waals surface area contributed by atoms with Crippen LogP contribution in [0.25, 0.3) is 11.0 Å². The van der Waals surface area contributed by atoms with Gasteiger partial charge in [-0.3, -0.25) is 9.59 Å². The van der Waals surface area contributed by atoms with Crippen molar-refractivity contribution in [2.24, 2.45) is 0 Å². The minimum atomic E-state index is -0.403. The van der Waals surface area contributed by atoms with E-state index in [4.69, 9.17) is 13.9 Å². The summed E-state index contributed by atoms with van der Waals surface area (Å²) < 4.78 is 17.7. The molecule has 0 aliphatic carbocycles. The summed E-state index contributed by atoms with van der Waals surface area (Å²) in [5.41, 5.74) is 1.25. The van der Waals surface area contributed by atoms with Gasteiger partial charge in [-0.1, -0.05) is 28.1 Å². The van der Waals surface area contributed by atoms with Crippen molar-refractivity contribution in [2.75, 3.05) is 18.5 Å². The lowest BCUT2D eigenvalue weighted by atomic mass is 10.1. The van der Waals surface area contributed by atoms with Crippen molar-refractivity contribution in [3.63, 3.8) is 0 Å². The largest absolute Gasteiger partial charge is 0.494 e. The van der Waals surface area contributed by atoms with E-state index >= 15 is 0 Å². The number of carbonyl (C=O) groups excluding carboxylic acids is 2. The second kappa shape index (κ2) is 9.70. The van der Waals surface area contributed by atoms with Crippen molar-refractivity contribution >= 4 is 44.3 Å². The molecule has 7 heteroatoms. The number of halogens is 1. The van der Waals surface area contributed by atoms with Crippen LogP contribution in [-0.2, 0) is 4.79 Å². The van der Waals surface area contributed by atoms with Gasteiger partial charge in [-0.15, -0.1) is 0 Å². The molecule has 1 heterocycles. The Kier molecular flexibility index (Phi) is 6.56. The SMILES string of the molecule is CCOc1ccc(C(=O)c2oc3ccccc3c2NC(=O)COc2ccc(Br)cc2)cc1. The number of para-hydroxylation sites is 1. The Balaban J connectivity index is 1.57. The lowest BCUT2D eigenvalue weighted by Crippen LogP contribution is -2.21. The molecular weight excluding hydrogens is 474 g/mol. The Labute approximate surface area is 193 Å². The molecule has 4 rings (SSSR count). The van der Waals surface area contributed by atoms with Gasteiger partial charge in [0.05, 0.1) is 12.3 Å². The number of carbonyl (C=O) groups is 2. The monoisotopic (exact) mass is 493 g/mol. The van der Waals surface area contributed by atoms with Gasteiger partial charge in [0.2, 0.25) is 5.78 Å². The number of ketones is 1. The van der Waals surface area contributed by atoms with Gasteiger partial charge < -0.3 is 19.2 Å². The van der Waals surface area contributed by atoms with E-state index in [-0.39, 0.29) is 18.2 Å². The number of anilines is 1. The first kappa shape index (κ1) is 21.6. The second-order valence-electron chi connectivity index (χ2n) is 6.88. The highest BCUT2D eigenvalue weighted by atomic mass is 79.9. The van der Waals surface area contributed by atoms with Crippen LogP contribution in [0.5, 0.6) is 11.5 Å². The first-order valence-electron chi connectivity index (χ1n) is 10.0. The lowest BCUT2D eigenvalue weighted by molar-refractivity contribution is -0.118. The van der Waals surface area contributed by atoms with Crippen LogP contribution in [-0.4, -0.2) is 24.9 Å².